The van der Waals surface area contributed by atoms with Gasteiger partial charge in [0.25, 0.3) is 0 Å². The molecule has 3 rings (SSSR count). The molecule has 4 heteroatoms. The van der Waals surface area contributed by atoms with Crippen LogP contribution in [-0.2, 0) is 0 Å². The van der Waals surface area contributed by atoms with Gasteiger partial charge in [0.2, 0.25) is 0 Å². The molecule has 16 heavy (non-hydrogen) atoms. The lowest BCUT2D eigenvalue weighted by Crippen LogP contribution is -2.04. The summed E-state index contributed by atoms with van der Waals surface area (Å²) >= 11 is 1.22. The van der Waals surface area contributed by atoms with E-state index in [1.54, 1.807) is 0 Å². The number of nitrogens with two attached hydrogens (primary N) is 1. The summed E-state index contributed by atoms with van der Waals surface area (Å²) in [7, 11) is 0. The Balaban J connectivity index is 2.12. The normalized spacial score (nSPS) is 12.1. The van der Waals surface area contributed by atoms with Crippen molar-refractivity contribution in [1.82, 2.24) is 0 Å². The number of hydrogen-bond donors (Lipinski definition) is 2. The van der Waals surface area contributed by atoms with Crippen LogP contribution >= 0.6 is 11.9 Å². The Kier molecular flexibility index (Phi) is 2.23. The molecular weight excluding hydrogens is 220 g/mol. The van der Waals surface area contributed by atoms with E-state index in [-0.39, 0.29) is 0 Å². The van der Waals surface area contributed by atoms with Crippen LogP contribution in [0.5, 0.6) is 11.5 Å². The van der Waals surface area contributed by atoms with Crippen LogP contribution in [0.2, 0.25) is 0 Å². The second-order valence-electron chi connectivity index (χ2n) is 3.47. The molecule has 0 unspecified atom stereocenters. The minimum atomic E-state index is 0.814. The maximum Gasteiger partial charge on any atom is 0.152 e. The largest absolute Gasteiger partial charge is 0.453 e. The van der Waals surface area contributed by atoms with Crippen molar-refractivity contribution in [2.75, 3.05) is 5.32 Å². The van der Waals surface area contributed by atoms with Crippen molar-refractivity contribution in [3.05, 3.63) is 42.5 Å². The van der Waals surface area contributed by atoms with Crippen LogP contribution < -0.4 is 15.2 Å². The third-order valence-electron chi connectivity index (χ3n) is 2.48. The van der Waals surface area contributed by atoms with Crippen molar-refractivity contribution in [2.24, 2.45) is 5.14 Å². The highest BCUT2D eigenvalue weighted by Crippen LogP contribution is 2.44. The fraction of sp³-hybridized carbons (Fsp3) is 0. The first-order valence-corrected chi connectivity index (χ1v) is 5.80. The van der Waals surface area contributed by atoms with Crippen LogP contribution in [0.1, 0.15) is 0 Å². The Morgan fingerprint density at radius 2 is 1.81 bits per heavy atom. The summed E-state index contributed by atoms with van der Waals surface area (Å²) in [5, 5.41) is 8.95. The van der Waals surface area contributed by atoms with E-state index in [4.69, 9.17) is 9.88 Å². The van der Waals surface area contributed by atoms with E-state index < -0.39 is 0 Å². The summed E-state index contributed by atoms with van der Waals surface area (Å²) in [5.41, 5.74) is 1.91. The summed E-state index contributed by atoms with van der Waals surface area (Å²) in [6, 6.07) is 13.7. The van der Waals surface area contributed by atoms with Gasteiger partial charge in [-0.2, -0.15) is 0 Å². The topological polar surface area (TPSA) is 47.3 Å². The third kappa shape index (κ3) is 1.43. The molecule has 0 radical (unpaired) electrons. The molecule has 0 aliphatic carbocycles. The maximum atomic E-state index is 5.79. The minimum absolute atomic E-state index is 0.814. The minimum Gasteiger partial charge on any atom is -0.453 e. The first-order valence-electron chi connectivity index (χ1n) is 4.92. The van der Waals surface area contributed by atoms with E-state index >= 15 is 0 Å². The molecule has 2 aromatic rings. The zero-order valence-corrected chi connectivity index (χ0v) is 9.25. The molecule has 2 aromatic carbocycles. The Morgan fingerprint density at radius 3 is 2.69 bits per heavy atom. The SMILES string of the molecule is NSc1cccc2c1Nc1ccccc1O2. The average molecular weight is 230 g/mol. The summed E-state index contributed by atoms with van der Waals surface area (Å²) < 4.78 is 5.79. The number of anilines is 2. The van der Waals surface area contributed by atoms with Gasteiger partial charge in [-0.25, -0.2) is 0 Å². The molecule has 80 valence electrons. The van der Waals surface area contributed by atoms with Crippen molar-refractivity contribution in [3.8, 4) is 11.5 Å². The fourth-order valence-corrected chi connectivity index (χ4v) is 2.16. The van der Waals surface area contributed by atoms with Crippen molar-refractivity contribution in [1.29, 1.82) is 0 Å². The molecule has 0 spiro atoms. The van der Waals surface area contributed by atoms with Gasteiger partial charge < -0.3 is 10.1 Å². The molecule has 0 fully saturated rings. The Bertz CT molecular complexity index is 542. The zero-order chi connectivity index (χ0) is 11.0. The third-order valence-corrected chi connectivity index (χ3v) is 3.08. The van der Waals surface area contributed by atoms with Crippen molar-refractivity contribution >= 4 is 23.3 Å². The van der Waals surface area contributed by atoms with Crippen molar-refractivity contribution < 1.29 is 4.74 Å². The van der Waals surface area contributed by atoms with E-state index in [0.29, 0.717) is 0 Å². The van der Waals surface area contributed by atoms with Crippen molar-refractivity contribution in [3.63, 3.8) is 0 Å². The van der Waals surface area contributed by atoms with Crippen LogP contribution in [0.4, 0.5) is 11.4 Å². The Morgan fingerprint density at radius 1 is 1.00 bits per heavy atom. The molecule has 1 heterocycles. The highest BCUT2D eigenvalue weighted by molar-refractivity contribution is 7.97. The Labute approximate surface area is 97.7 Å². The first-order chi connectivity index (χ1) is 7.88. The van der Waals surface area contributed by atoms with Crippen LogP contribution in [0.15, 0.2) is 47.4 Å². The molecule has 0 bridgehead atoms. The van der Waals surface area contributed by atoms with Gasteiger partial charge >= 0.3 is 0 Å². The second kappa shape index (κ2) is 3.73. The lowest BCUT2D eigenvalue weighted by Gasteiger charge is -2.23. The number of hydrogen-bond acceptors (Lipinski definition) is 4. The van der Waals surface area contributed by atoms with Crippen LogP contribution in [0.25, 0.3) is 0 Å². The van der Waals surface area contributed by atoms with E-state index in [0.717, 1.165) is 27.8 Å². The zero-order valence-electron chi connectivity index (χ0n) is 8.44. The molecular formula is C12H10N2OS. The molecule has 0 atom stereocenters. The average Bonchev–Trinajstić information content (AvgIpc) is 2.35. The number of nitrogens with one attached hydrogen (secondary N) is 1. The molecule has 0 saturated carbocycles. The summed E-state index contributed by atoms with van der Waals surface area (Å²) in [6.45, 7) is 0. The molecule has 1 aliphatic rings. The lowest BCUT2D eigenvalue weighted by atomic mass is 10.2. The van der Waals surface area contributed by atoms with Gasteiger partial charge in [0, 0.05) is 4.90 Å². The second-order valence-corrected chi connectivity index (χ2v) is 4.15. The molecule has 0 amide bonds. The molecule has 0 saturated heterocycles. The van der Waals surface area contributed by atoms with E-state index in [9.17, 15) is 0 Å². The standard InChI is InChI=1S/C12H10N2OS/c13-16-11-7-3-6-10-12(11)14-8-4-1-2-5-9(8)15-10/h1-7,14H,13H2. The number of ether oxygens (including phenoxy) is 1. The first kappa shape index (κ1) is 9.57. The molecule has 0 aromatic heterocycles. The predicted octanol–water partition coefficient (Wildman–Crippen LogP) is 3.50. The quantitative estimate of drug-likeness (QED) is 0.628. The van der Waals surface area contributed by atoms with Gasteiger partial charge in [0.15, 0.2) is 11.5 Å². The van der Waals surface area contributed by atoms with E-state index in [1.807, 2.05) is 42.5 Å². The smallest absolute Gasteiger partial charge is 0.152 e. The van der Waals surface area contributed by atoms with Gasteiger partial charge in [-0.15, -0.1) is 0 Å². The monoisotopic (exact) mass is 230 g/mol. The fourth-order valence-electron chi connectivity index (χ4n) is 1.73. The van der Waals surface area contributed by atoms with E-state index in [1.165, 1.54) is 11.9 Å². The summed E-state index contributed by atoms with van der Waals surface area (Å²) in [6.07, 6.45) is 0. The van der Waals surface area contributed by atoms with Crippen LogP contribution in [-0.4, -0.2) is 0 Å². The van der Waals surface area contributed by atoms with Gasteiger partial charge in [0.05, 0.1) is 11.4 Å². The van der Waals surface area contributed by atoms with Gasteiger partial charge in [0.1, 0.15) is 0 Å². The highest BCUT2D eigenvalue weighted by Gasteiger charge is 2.18. The maximum absolute atomic E-state index is 5.79. The number of fused-ring (bicyclic) bond motifs is 2. The predicted molar refractivity (Wildman–Crippen MR) is 66.3 cm³/mol. The summed E-state index contributed by atoms with van der Waals surface area (Å²) in [4.78, 5) is 0.979. The number of benzene rings is 2. The molecule has 3 N–H and O–H groups in total. The Hall–Kier alpha value is -1.65. The van der Waals surface area contributed by atoms with Gasteiger partial charge in [-0.05, 0) is 36.2 Å². The molecule has 1 aliphatic heterocycles. The van der Waals surface area contributed by atoms with Crippen LogP contribution in [0.3, 0.4) is 0 Å². The van der Waals surface area contributed by atoms with Crippen molar-refractivity contribution in [2.45, 2.75) is 4.90 Å². The van der Waals surface area contributed by atoms with Crippen LogP contribution in [0, 0.1) is 0 Å². The summed E-state index contributed by atoms with van der Waals surface area (Å²) in [5.74, 6) is 1.66. The highest BCUT2D eigenvalue weighted by atomic mass is 32.2. The number of para-hydroxylation sites is 3. The molecule has 3 nitrogen and oxygen atoms in total. The van der Waals surface area contributed by atoms with E-state index in [2.05, 4.69) is 5.32 Å². The number of rotatable bonds is 1. The van der Waals surface area contributed by atoms with Gasteiger partial charge in [-0.3, -0.25) is 5.14 Å². The van der Waals surface area contributed by atoms with Gasteiger partial charge in [-0.1, -0.05) is 18.2 Å². The lowest BCUT2D eigenvalue weighted by molar-refractivity contribution is 0.480.